The van der Waals surface area contributed by atoms with Gasteiger partial charge < -0.3 is 10.4 Å². The molecule has 0 saturated carbocycles. The van der Waals surface area contributed by atoms with Crippen LogP contribution in [0.25, 0.3) is 10.9 Å². The van der Waals surface area contributed by atoms with Crippen LogP contribution in [0.4, 0.5) is 11.5 Å². The molecule has 2 N–H and O–H groups in total. The molecular weight excluding hydrogens is 270 g/mol. The van der Waals surface area contributed by atoms with Gasteiger partial charge in [0.25, 0.3) is 5.69 Å². The van der Waals surface area contributed by atoms with Crippen molar-refractivity contribution in [2.75, 3.05) is 18.5 Å². The lowest BCUT2D eigenvalue weighted by atomic mass is 10.0. The number of aliphatic hydroxyl groups is 1. The summed E-state index contributed by atoms with van der Waals surface area (Å²) in [5.41, 5.74) is 0.791. The minimum Gasteiger partial charge on any atom is -0.396 e. The molecule has 2 rings (SSSR count). The number of nitrogens with one attached hydrogen (secondary N) is 1. The molecule has 6 nitrogen and oxygen atoms in total. The molecule has 2 aromatic rings. The highest BCUT2D eigenvalue weighted by molar-refractivity contribution is 5.82. The van der Waals surface area contributed by atoms with Crippen molar-refractivity contribution in [2.24, 2.45) is 5.92 Å². The topological polar surface area (TPSA) is 88.3 Å². The number of benzene rings is 1. The van der Waals surface area contributed by atoms with Crippen LogP contribution in [0.15, 0.2) is 30.3 Å². The van der Waals surface area contributed by atoms with Crippen molar-refractivity contribution in [1.29, 1.82) is 0 Å². The van der Waals surface area contributed by atoms with Crippen LogP contribution >= 0.6 is 0 Å². The summed E-state index contributed by atoms with van der Waals surface area (Å²) >= 11 is 0. The molecule has 112 valence electrons. The van der Waals surface area contributed by atoms with E-state index in [9.17, 15) is 10.1 Å². The molecule has 0 spiro atoms. The lowest BCUT2D eigenvalue weighted by Gasteiger charge is -2.14. The van der Waals surface area contributed by atoms with E-state index in [0.29, 0.717) is 5.92 Å². The van der Waals surface area contributed by atoms with E-state index in [0.717, 1.165) is 36.1 Å². The van der Waals surface area contributed by atoms with Crippen molar-refractivity contribution in [1.82, 2.24) is 4.98 Å². The van der Waals surface area contributed by atoms with Gasteiger partial charge in [-0.1, -0.05) is 13.3 Å². The number of hydrogen-bond donors (Lipinski definition) is 2. The number of fused-ring (bicyclic) bond motifs is 1. The van der Waals surface area contributed by atoms with Crippen LogP contribution in [0, 0.1) is 16.0 Å². The fourth-order valence-corrected chi connectivity index (χ4v) is 2.21. The summed E-state index contributed by atoms with van der Waals surface area (Å²) in [5, 5.41) is 23.7. The number of hydrogen-bond acceptors (Lipinski definition) is 5. The van der Waals surface area contributed by atoms with Gasteiger partial charge in [-0.15, -0.1) is 0 Å². The molecule has 1 atom stereocenters. The smallest absolute Gasteiger partial charge is 0.270 e. The average molecular weight is 289 g/mol. The van der Waals surface area contributed by atoms with Gasteiger partial charge in [-0.05, 0) is 30.5 Å². The molecule has 0 aliphatic carbocycles. The van der Waals surface area contributed by atoms with Crippen LogP contribution in [-0.4, -0.2) is 28.2 Å². The van der Waals surface area contributed by atoms with E-state index in [1.807, 2.05) is 12.1 Å². The fraction of sp³-hybridized carbons (Fsp3) is 0.400. The number of nitro groups is 1. The number of rotatable bonds is 7. The molecular formula is C15H19N3O3. The van der Waals surface area contributed by atoms with E-state index in [2.05, 4.69) is 17.2 Å². The standard InChI is InChI=1S/C15H19N3O3/c1-2-11(7-8-19)10-16-15-6-3-12-9-13(18(20)21)4-5-14(12)17-15/h3-6,9,11,19H,2,7-8,10H2,1H3,(H,16,17). The van der Waals surface area contributed by atoms with E-state index >= 15 is 0 Å². The number of non-ortho nitro benzene ring substituents is 1. The summed E-state index contributed by atoms with van der Waals surface area (Å²) < 4.78 is 0. The molecule has 0 saturated heterocycles. The van der Waals surface area contributed by atoms with E-state index in [-0.39, 0.29) is 12.3 Å². The number of aliphatic hydroxyl groups excluding tert-OH is 1. The maximum Gasteiger partial charge on any atom is 0.270 e. The second-order valence-corrected chi connectivity index (χ2v) is 5.00. The molecule has 0 bridgehead atoms. The Balaban J connectivity index is 2.12. The number of nitro benzene ring substituents is 1. The zero-order valence-electron chi connectivity index (χ0n) is 12.0. The highest BCUT2D eigenvalue weighted by Crippen LogP contribution is 2.21. The Labute approximate surface area is 123 Å². The normalized spacial score (nSPS) is 12.3. The summed E-state index contributed by atoms with van der Waals surface area (Å²) in [7, 11) is 0. The van der Waals surface area contributed by atoms with Gasteiger partial charge in [0.2, 0.25) is 0 Å². The third-order valence-electron chi connectivity index (χ3n) is 3.57. The second-order valence-electron chi connectivity index (χ2n) is 5.00. The first-order chi connectivity index (χ1) is 10.1. The van der Waals surface area contributed by atoms with Crippen molar-refractivity contribution in [2.45, 2.75) is 19.8 Å². The quantitative estimate of drug-likeness (QED) is 0.604. The maximum atomic E-state index is 10.7. The van der Waals surface area contributed by atoms with Gasteiger partial charge in [0.15, 0.2) is 0 Å². The second kappa shape index (κ2) is 6.99. The number of pyridine rings is 1. The van der Waals surface area contributed by atoms with E-state index < -0.39 is 4.92 Å². The lowest BCUT2D eigenvalue weighted by Crippen LogP contribution is -2.15. The third-order valence-corrected chi connectivity index (χ3v) is 3.57. The van der Waals surface area contributed by atoms with Gasteiger partial charge in [-0.25, -0.2) is 4.98 Å². The zero-order chi connectivity index (χ0) is 15.2. The summed E-state index contributed by atoms with van der Waals surface area (Å²) in [6.07, 6.45) is 1.76. The van der Waals surface area contributed by atoms with Crippen LogP contribution in [0.1, 0.15) is 19.8 Å². The monoisotopic (exact) mass is 289 g/mol. The molecule has 0 amide bonds. The Morgan fingerprint density at radius 1 is 1.38 bits per heavy atom. The van der Waals surface area contributed by atoms with Gasteiger partial charge in [-0.2, -0.15) is 0 Å². The Bertz CT molecular complexity index is 631. The van der Waals surface area contributed by atoms with Crippen LogP contribution in [0.3, 0.4) is 0 Å². The van der Waals surface area contributed by atoms with Gasteiger partial charge in [-0.3, -0.25) is 10.1 Å². The predicted molar refractivity (Wildman–Crippen MR) is 82.4 cm³/mol. The van der Waals surface area contributed by atoms with E-state index in [4.69, 9.17) is 5.11 Å². The molecule has 1 aromatic heterocycles. The van der Waals surface area contributed by atoms with Gasteiger partial charge in [0.05, 0.1) is 10.4 Å². The third kappa shape index (κ3) is 3.88. The molecule has 0 aliphatic rings. The first kappa shape index (κ1) is 15.2. The summed E-state index contributed by atoms with van der Waals surface area (Å²) in [4.78, 5) is 14.8. The van der Waals surface area contributed by atoms with Crippen molar-refractivity contribution in [3.63, 3.8) is 0 Å². The Kier molecular flexibility index (Phi) is 5.05. The Morgan fingerprint density at radius 2 is 2.19 bits per heavy atom. The minimum atomic E-state index is -0.410. The predicted octanol–water partition coefficient (Wildman–Crippen LogP) is 2.96. The van der Waals surface area contributed by atoms with Gasteiger partial charge in [0, 0.05) is 30.7 Å². The first-order valence-corrected chi connectivity index (χ1v) is 7.04. The van der Waals surface area contributed by atoms with E-state index in [1.54, 1.807) is 6.07 Å². The summed E-state index contributed by atoms with van der Waals surface area (Å²) in [6.45, 7) is 3.03. The van der Waals surface area contributed by atoms with Crippen LogP contribution in [0.5, 0.6) is 0 Å². The number of aromatic nitrogens is 1. The highest BCUT2D eigenvalue weighted by Gasteiger charge is 2.08. The molecule has 6 heteroatoms. The molecule has 0 fully saturated rings. The maximum absolute atomic E-state index is 10.7. The highest BCUT2D eigenvalue weighted by atomic mass is 16.6. The number of anilines is 1. The SMILES string of the molecule is CCC(CCO)CNc1ccc2cc([N+](=O)[O-])ccc2n1. The molecule has 0 radical (unpaired) electrons. The first-order valence-electron chi connectivity index (χ1n) is 7.04. The molecule has 1 aromatic carbocycles. The number of nitrogens with zero attached hydrogens (tertiary/aromatic N) is 2. The van der Waals surface area contributed by atoms with Crippen LogP contribution < -0.4 is 5.32 Å². The summed E-state index contributed by atoms with van der Waals surface area (Å²) in [5.74, 6) is 1.15. The molecule has 21 heavy (non-hydrogen) atoms. The largest absolute Gasteiger partial charge is 0.396 e. The van der Waals surface area contributed by atoms with Crippen molar-refractivity contribution in [3.8, 4) is 0 Å². The molecule has 1 unspecified atom stereocenters. The fourth-order valence-electron chi connectivity index (χ4n) is 2.21. The zero-order valence-corrected chi connectivity index (χ0v) is 12.0. The van der Waals surface area contributed by atoms with E-state index in [1.165, 1.54) is 12.1 Å². The van der Waals surface area contributed by atoms with Crippen LogP contribution in [0.2, 0.25) is 0 Å². The van der Waals surface area contributed by atoms with Crippen molar-refractivity contribution in [3.05, 3.63) is 40.4 Å². The Hall–Kier alpha value is -2.21. The van der Waals surface area contributed by atoms with Crippen molar-refractivity contribution >= 4 is 22.4 Å². The van der Waals surface area contributed by atoms with Gasteiger partial charge in [0.1, 0.15) is 5.82 Å². The van der Waals surface area contributed by atoms with Crippen molar-refractivity contribution < 1.29 is 10.0 Å². The van der Waals surface area contributed by atoms with Gasteiger partial charge >= 0.3 is 0 Å². The Morgan fingerprint density at radius 3 is 2.86 bits per heavy atom. The lowest BCUT2D eigenvalue weighted by molar-refractivity contribution is -0.384. The van der Waals surface area contributed by atoms with Crippen LogP contribution in [-0.2, 0) is 0 Å². The molecule has 0 aliphatic heterocycles. The summed E-state index contributed by atoms with van der Waals surface area (Å²) in [6, 6.07) is 8.28. The minimum absolute atomic E-state index is 0.0685. The average Bonchev–Trinajstić information content (AvgIpc) is 2.50. The molecule has 1 heterocycles.